The molecule has 0 aliphatic carbocycles. The molecular weight excluding hydrogens is 200 g/mol. The molecule has 0 fully saturated rings. The van der Waals surface area contributed by atoms with Crippen LogP contribution in [0.3, 0.4) is 0 Å². The predicted octanol–water partition coefficient (Wildman–Crippen LogP) is 5.14. The fraction of sp³-hybridized carbons (Fsp3) is 0.571. The number of thioether (sulfide) groups is 1. The van der Waals surface area contributed by atoms with Crippen molar-refractivity contribution in [1.82, 2.24) is 0 Å². The Bertz CT molecular complexity index is 243. The zero-order valence-electron chi connectivity index (χ0n) is 9.91. The molecule has 1 heteroatoms. The van der Waals surface area contributed by atoms with E-state index in [2.05, 4.69) is 44.2 Å². The van der Waals surface area contributed by atoms with Crippen molar-refractivity contribution in [2.45, 2.75) is 56.1 Å². The smallest absolute Gasteiger partial charge is 0.00746 e. The minimum atomic E-state index is 0.754. The van der Waals surface area contributed by atoms with E-state index < -0.39 is 0 Å². The Labute approximate surface area is 98.5 Å². The highest BCUT2D eigenvalue weighted by molar-refractivity contribution is 7.99. The molecular formula is C14H22S. The van der Waals surface area contributed by atoms with Gasteiger partial charge in [-0.3, -0.25) is 0 Å². The highest BCUT2D eigenvalue weighted by Crippen LogP contribution is 2.26. The third-order valence-electron chi connectivity index (χ3n) is 2.54. The van der Waals surface area contributed by atoms with Crippen molar-refractivity contribution in [2.75, 3.05) is 0 Å². The maximum Gasteiger partial charge on any atom is 0.00746 e. The van der Waals surface area contributed by atoms with E-state index in [1.54, 1.807) is 0 Å². The first-order chi connectivity index (χ1) is 7.33. The van der Waals surface area contributed by atoms with E-state index in [4.69, 9.17) is 0 Å². The Morgan fingerprint density at radius 2 is 1.80 bits per heavy atom. The Hall–Kier alpha value is -0.430. The maximum atomic E-state index is 2.34. The second-order valence-electron chi connectivity index (χ2n) is 4.09. The summed E-state index contributed by atoms with van der Waals surface area (Å²) in [6.45, 7) is 4.60. The minimum absolute atomic E-state index is 0.754. The molecule has 0 saturated carbocycles. The number of hydrogen-bond acceptors (Lipinski definition) is 1. The zero-order chi connectivity index (χ0) is 10.9. The molecule has 0 saturated heterocycles. The summed E-state index contributed by atoms with van der Waals surface area (Å²) >= 11 is 2.00. The molecule has 0 spiro atoms. The van der Waals surface area contributed by atoms with E-state index in [0.29, 0.717) is 0 Å². The molecule has 1 unspecified atom stereocenters. The van der Waals surface area contributed by atoms with Crippen molar-refractivity contribution < 1.29 is 0 Å². The van der Waals surface area contributed by atoms with Gasteiger partial charge in [-0.15, -0.1) is 11.8 Å². The monoisotopic (exact) mass is 222 g/mol. The highest BCUT2D eigenvalue weighted by Gasteiger charge is 2.03. The average molecular weight is 222 g/mol. The summed E-state index contributed by atoms with van der Waals surface area (Å²) in [5, 5.41) is 0.754. The topological polar surface area (TPSA) is 0 Å². The molecule has 1 aromatic rings. The normalized spacial score (nSPS) is 12.7. The summed E-state index contributed by atoms with van der Waals surface area (Å²) in [7, 11) is 0. The SMILES string of the molecule is CCCCCCC(C)Sc1ccccc1. The predicted molar refractivity (Wildman–Crippen MR) is 70.5 cm³/mol. The molecule has 0 aliphatic rings. The van der Waals surface area contributed by atoms with Crippen LogP contribution >= 0.6 is 11.8 Å². The zero-order valence-corrected chi connectivity index (χ0v) is 10.7. The van der Waals surface area contributed by atoms with Crippen LogP contribution in [0.5, 0.6) is 0 Å². The van der Waals surface area contributed by atoms with Gasteiger partial charge < -0.3 is 0 Å². The van der Waals surface area contributed by atoms with Crippen molar-refractivity contribution in [2.24, 2.45) is 0 Å². The second kappa shape index (κ2) is 7.81. The molecule has 0 nitrogen and oxygen atoms in total. The van der Waals surface area contributed by atoms with E-state index in [1.807, 2.05) is 11.8 Å². The molecule has 0 N–H and O–H groups in total. The van der Waals surface area contributed by atoms with Crippen LogP contribution in [0.25, 0.3) is 0 Å². The number of benzene rings is 1. The molecule has 0 heterocycles. The van der Waals surface area contributed by atoms with E-state index >= 15 is 0 Å². The molecule has 1 aromatic carbocycles. The van der Waals surface area contributed by atoms with Gasteiger partial charge in [0.2, 0.25) is 0 Å². The average Bonchev–Trinajstić information content (AvgIpc) is 2.26. The van der Waals surface area contributed by atoms with Gasteiger partial charge in [0.15, 0.2) is 0 Å². The molecule has 0 aromatic heterocycles. The Morgan fingerprint density at radius 3 is 2.47 bits per heavy atom. The molecule has 0 bridgehead atoms. The van der Waals surface area contributed by atoms with E-state index in [9.17, 15) is 0 Å². The summed E-state index contributed by atoms with van der Waals surface area (Å²) in [4.78, 5) is 1.40. The Kier molecular flexibility index (Phi) is 6.58. The lowest BCUT2D eigenvalue weighted by Crippen LogP contribution is -1.95. The van der Waals surface area contributed by atoms with Gasteiger partial charge in [-0.25, -0.2) is 0 Å². The van der Waals surface area contributed by atoms with Crippen LogP contribution < -0.4 is 0 Å². The lowest BCUT2D eigenvalue weighted by molar-refractivity contribution is 0.630. The summed E-state index contributed by atoms with van der Waals surface area (Å²) in [6, 6.07) is 10.7. The highest BCUT2D eigenvalue weighted by atomic mass is 32.2. The first-order valence-corrected chi connectivity index (χ1v) is 6.92. The summed E-state index contributed by atoms with van der Waals surface area (Å²) in [5.41, 5.74) is 0. The van der Waals surface area contributed by atoms with E-state index in [-0.39, 0.29) is 0 Å². The van der Waals surface area contributed by atoms with Crippen LogP contribution in [0.4, 0.5) is 0 Å². The molecule has 1 rings (SSSR count). The summed E-state index contributed by atoms with van der Waals surface area (Å²) < 4.78 is 0. The van der Waals surface area contributed by atoms with Crippen molar-refractivity contribution in [3.05, 3.63) is 30.3 Å². The first-order valence-electron chi connectivity index (χ1n) is 6.04. The van der Waals surface area contributed by atoms with Gasteiger partial charge in [0.05, 0.1) is 0 Å². The van der Waals surface area contributed by atoms with Crippen LogP contribution in [0.1, 0.15) is 46.0 Å². The maximum absolute atomic E-state index is 2.34. The van der Waals surface area contributed by atoms with Gasteiger partial charge in [0, 0.05) is 10.1 Å². The lowest BCUT2D eigenvalue weighted by Gasteiger charge is -2.10. The van der Waals surface area contributed by atoms with Gasteiger partial charge >= 0.3 is 0 Å². The Balaban J connectivity index is 2.16. The quantitative estimate of drug-likeness (QED) is 0.455. The van der Waals surface area contributed by atoms with Crippen LogP contribution in [0.2, 0.25) is 0 Å². The molecule has 15 heavy (non-hydrogen) atoms. The van der Waals surface area contributed by atoms with E-state index in [0.717, 1.165) is 5.25 Å². The minimum Gasteiger partial charge on any atom is -0.123 e. The molecule has 0 radical (unpaired) electrons. The van der Waals surface area contributed by atoms with Crippen molar-refractivity contribution in [3.63, 3.8) is 0 Å². The van der Waals surface area contributed by atoms with Crippen LogP contribution in [-0.4, -0.2) is 5.25 Å². The van der Waals surface area contributed by atoms with Crippen LogP contribution in [0, 0.1) is 0 Å². The number of hydrogen-bond donors (Lipinski definition) is 0. The molecule has 84 valence electrons. The summed E-state index contributed by atoms with van der Waals surface area (Å²) in [6.07, 6.45) is 6.85. The van der Waals surface area contributed by atoms with Crippen molar-refractivity contribution in [3.8, 4) is 0 Å². The van der Waals surface area contributed by atoms with Crippen LogP contribution in [-0.2, 0) is 0 Å². The molecule has 1 atom stereocenters. The fourth-order valence-corrected chi connectivity index (χ4v) is 2.71. The molecule has 0 aliphatic heterocycles. The van der Waals surface area contributed by atoms with Gasteiger partial charge in [-0.1, -0.05) is 57.7 Å². The summed E-state index contributed by atoms with van der Waals surface area (Å²) in [5.74, 6) is 0. The third kappa shape index (κ3) is 5.88. The lowest BCUT2D eigenvalue weighted by atomic mass is 10.1. The van der Waals surface area contributed by atoms with Gasteiger partial charge in [0.1, 0.15) is 0 Å². The fourth-order valence-electron chi connectivity index (χ4n) is 1.65. The number of rotatable bonds is 7. The second-order valence-corrected chi connectivity index (χ2v) is 5.60. The van der Waals surface area contributed by atoms with Crippen molar-refractivity contribution in [1.29, 1.82) is 0 Å². The number of unbranched alkanes of at least 4 members (excludes halogenated alkanes) is 3. The first kappa shape index (κ1) is 12.6. The largest absolute Gasteiger partial charge is 0.123 e. The van der Waals surface area contributed by atoms with Gasteiger partial charge in [-0.2, -0.15) is 0 Å². The third-order valence-corrected chi connectivity index (χ3v) is 3.73. The van der Waals surface area contributed by atoms with Gasteiger partial charge in [-0.05, 0) is 18.6 Å². The molecule has 0 amide bonds. The Morgan fingerprint density at radius 1 is 1.07 bits per heavy atom. The van der Waals surface area contributed by atoms with E-state index in [1.165, 1.54) is 37.0 Å². The van der Waals surface area contributed by atoms with Crippen molar-refractivity contribution >= 4 is 11.8 Å². The van der Waals surface area contributed by atoms with Crippen LogP contribution in [0.15, 0.2) is 35.2 Å². The standard InChI is InChI=1S/C14H22S/c1-3-4-5-7-10-13(2)15-14-11-8-6-9-12-14/h6,8-9,11-13H,3-5,7,10H2,1-2H3. The van der Waals surface area contributed by atoms with Gasteiger partial charge in [0.25, 0.3) is 0 Å².